The summed E-state index contributed by atoms with van der Waals surface area (Å²) in [5, 5.41) is 40.4. The van der Waals surface area contributed by atoms with Crippen LogP contribution in [0.2, 0.25) is 0 Å². The molecule has 0 radical (unpaired) electrons. The Hall–Kier alpha value is -3.59. The van der Waals surface area contributed by atoms with E-state index < -0.39 is 81.2 Å². The highest BCUT2D eigenvalue weighted by atomic mass is 16.7. The van der Waals surface area contributed by atoms with E-state index in [1.54, 1.807) is 6.26 Å². The number of carbonyl (C=O) groups excluding carboxylic acids is 3. The number of rotatable bonds is 10. The second-order valence-corrected chi connectivity index (χ2v) is 28.1. The van der Waals surface area contributed by atoms with Gasteiger partial charge in [0.25, 0.3) is 0 Å². The quantitative estimate of drug-likeness (QED) is 0.132. The molecule has 13 nitrogen and oxygen atoms in total. The highest BCUT2D eigenvalue weighted by Crippen LogP contribution is 2.84. The van der Waals surface area contributed by atoms with E-state index in [2.05, 4.69) is 74.5 Å². The molecular weight excluding hydrogens is 961 g/mol. The number of aliphatic hydroxyl groups excluding tert-OH is 3. The van der Waals surface area contributed by atoms with Crippen LogP contribution >= 0.6 is 0 Å². The second-order valence-electron chi connectivity index (χ2n) is 28.1. The van der Waals surface area contributed by atoms with Gasteiger partial charge in [0.2, 0.25) is 0 Å². The smallest absolute Gasteiger partial charge is 0.339 e. The molecule has 4 N–H and O–H groups in total. The van der Waals surface area contributed by atoms with Gasteiger partial charge in [0, 0.05) is 47.4 Å². The van der Waals surface area contributed by atoms with Crippen molar-refractivity contribution in [2.24, 2.45) is 86.8 Å². The number of hydrogen-bond acceptors (Lipinski definition) is 13. The molecule has 22 unspecified atom stereocenters. The summed E-state index contributed by atoms with van der Waals surface area (Å²) in [4.78, 5) is 49.1. The van der Waals surface area contributed by atoms with Crippen LogP contribution in [0.1, 0.15) is 147 Å². The summed E-state index contributed by atoms with van der Waals surface area (Å²) in [7, 11) is 0. The van der Waals surface area contributed by atoms with Crippen LogP contribution in [0.15, 0.2) is 59.4 Å². The van der Waals surface area contributed by atoms with E-state index in [9.17, 15) is 20.1 Å². The SMILES string of the molecule is CC(C)CCC1(C)OC2C3(CCC(CO)C3)C(=O)OCC23C1C(=O)C(O)C1(C2CCCC(Cc4ccccc4)C2)C3CCC2(C)C(c3ccoc3CC3C(O)CCC4CC5C(C=CN6CNCC56)CC43)OC(=O)C3OC321. The number of benzene rings is 1. The number of ketones is 1. The third-order valence-electron chi connectivity index (χ3n) is 24.4. The van der Waals surface area contributed by atoms with E-state index in [1.165, 1.54) is 5.56 Å². The van der Waals surface area contributed by atoms with Crippen LogP contribution in [-0.2, 0) is 46.2 Å². The van der Waals surface area contributed by atoms with E-state index in [0.29, 0.717) is 80.6 Å². The Kier molecular flexibility index (Phi) is 12.0. The van der Waals surface area contributed by atoms with Gasteiger partial charge in [-0.3, -0.25) is 14.9 Å². The minimum absolute atomic E-state index is 0.00863. The minimum atomic E-state index is -1.50. The normalized spacial score (nSPS) is 49.7. The molecule has 0 bridgehead atoms. The van der Waals surface area contributed by atoms with E-state index in [-0.39, 0.29) is 48.6 Å². The molecule has 13 heteroatoms. The molecular formula is C63H84N2O11. The van der Waals surface area contributed by atoms with E-state index in [4.69, 9.17) is 23.4 Å². The highest BCUT2D eigenvalue weighted by Gasteiger charge is 2.94. The maximum absolute atomic E-state index is 16.6. The number of epoxide rings is 1. The van der Waals surface area contributed by atoms with Crippen molar-refractivity contribution < 1.29 is 53.1 Å². The highest BCUT2D eigenvalue weighted by molar-refractivity contribution is 5.93. The Morgan fingerprint density at radius 2 is 1.72 bits per heavy atom. The molecule has 76 heavy (non-hydrogen) atoms. The molecule has 12 aliphatic rings. The summed E-state index contributed by atoms with van der Waals surface area (Å²) in [6.07, 6.45) is 14.7. The molecule has 11 fully saturated rings. The van der Waals surface area contributed by atoms with E-state index >= 15 is 9.59 Å². The Morgan fingerprint density at radius 1 is 0.882 bits per heavy atom. The summed E-state index contributed by atoms with van der Waals surface area (Å²) in [6.45, 7) is 10.5. The topological polar surface area (TPSA) is 181 Å². The summed E-state index contributed by atoms with van der Waals surface area (Å²) in [5.74, 6) is 0.544. The molecule has 0 amide bonds. The van der Waals surface area contributed by atoms with Crippen molar-refractivity contribution in [1.82, 2.24) is 10.2 Å². The first-order chi connectivity index (χ1) is 36.6. The fourth-order valence-corrected chi connectivity index (χ4v) is 21.3. The number of ether oxygens (including phenoxy) is 4. The van der Waals surface area contributed by atoms with Gasteiger partial charge in [-0.1, -0.05) is 70.0 Å². The number of carbonyl (C=O) groups is 3. The zero-order valence-corrected chi connectivity index (χ0v) is 45.4. The Morgan fingerprint density at radius 3 is 2.53 bits per heavy atom. The Labute approximate surface area is 448 Å². The van der Waals surface area contributed by atoms with Crippen LogP contribution in [0.5, 0.6) is 0 Å². The third-order valence-corrected chi connectivity index (χ3v) is 24.4. The molecule has 2 aromatic rings. The second kappa shape index (κ2) is 18.0. The number of aliphatic hydroxyl groups is 3. The molecule has 3 spiro atoms. The van der Waals surface area contributed by atoms with Gasteiger partial charge in [0.1, 0.15) is 30.2 Å². The number of nitrogens with zero attached hydrogens (tertiary/aromatic N) is 1. The van der Waals surface area contributed by atoms with Crippen LogP contribution in [-0.4, -0.2) is 106 Å². The van der Waals surface area contributed by atoms with Gasteiger partial charge in [0.05, 0.1) is 42.1 Å². The van der Waals surface area contributed by atoms with Gasteiger partial charge in [-0.05, 0) is 174 Å². The van der Waals surface area contributed by atoms with Crippen molar-refractivity contribution in [3.63, 3.8) is 0 Å². The lowest BCUT2D eigenvalue weighted by molar-refractivity contribution is -0.285. The molecule has 14 rings (SSSR count). The lowest BCUT2D eigenvalue weighted by Gasteiger charge is -2.71. The first-order valence-electron chi connectivity index (χ1n) is 30.1. The maximum Gasteiger partial charge on any atom is 0.339 e. The van der Waals surface area contributed by atoms with Crippen LogP contribution in [0.3, 0.4) is 0 Å². The van der Waals surface area contributed by atoms with Gasteiger partial charge < -0.3 is 43.6 Å². The van der Waals surface area contributed by atoms with Crippen molar-refractivity contribution in [2.75, 3.05) is 26.4 Å². The van der Waals surface area contributed by atoms with Crippen LogP contribution in [0.4, 0.5) is 0 Å². The monoisotopic (exact) mass is 1040 g/mol. The van der Waals surface area contributed by atoms with E-state index in [0.717, 1.165) is 88.7 Å². The summed E-state index contributed by atoms with van der Waals surface area (Å²) >= 11 is 0. The van der Waals surface area contributed by atoms with Gasteiger partial charge in [0.15, 0.2) is 11.9 Å². The zero-order valence-electron chi connectivity index (χ0n) is 45.4. The number of fused-ring (bicyclic) bond motifs is 6. The largest absolute Gasteiger partial charge is 0.469 e. The van der Waals surface area contributed by atoms with Crippen molar-refractivity contribution in [3.8, 4) is 0 Å². The van der Waals surface area contributed by atoms with Gasteiger partial charge in [-0.15, -0.1) is 0 Å². The van der Waals surface area contributed by atoms with Gasteiger partial charge >= 0.3 is 11.9 Å². The van der Waals surface area contributed by atoms with E-state index in [1.807, 2.05) is 12.1 Å². The summed E-state index contributed by atoms with van der Waals surface area (Å²) in [5.41, 5.74) is -4.62. The fourth-order valence-electron chi connectivity index (χ4n) is 21.3. The molecule has 6 saturated carbocycles. The average Bonchev–Trinajstić information content (AvgIpc) is 4.04. The first kappa shape index (κ1) is 50.6. The molecule has 412 valence electrons. The molecule has 5 saturated heterocycles. The fraction of sp³-hybridized carbons (Fsp3) is 0.762. The van der Waals surface area contributed by atoms with Gasteiger partial charge in [-0.2, -0.15) is 0 Å². The zero-order chi connectivity index (χ0) is 52.3. The average molecular weight is 1050 g/mol. The van der Waals surface area contributed by atoms with Gasteiger partial charge in [-0.25, -0.2) is 4.79 Å². The lowest BCUT2D eigenvalue weighted by atomic mass is 9.32. The number of allylic oxidation sites excluding steroid dienone is 1. The summed E-state index contributed by atoms with van der Waals surface area (Å²) in [6, 6.07) is 13.1. The van der Waals surface area contributed by atoms with Crippen LogP contribution in [0, 0.1) is 86.8 Å². The Balaban J connectivity index is 0.889. The number of esters is 2. The number of furan rings is 1. The number of cyclic esters (lactones) is 2. The van der Waals surface area contributed by atoms with Crippen LogP contribution < -0.4 is 5.32 Å². The molecule has 7 heterocycles. The minimum Gasteiger partial charge on any atom is -0.469 e. The van der Waals surface area contributed by atoms with Crippen molar-refractivity contribution >= 4 is 17.7 Å². The molecule has 6 aliphatic heterocycles. The number of hydrogen-bond donors (Lipinski definition) is 4. The Bertz CT molecular complexity index is 2640. The molecule has 1 aromatic heterocycles. The van der Waals surface area contributed by atoms with Crippen molar-refractivity contribution in [2.45, 2.75) is 185 Å². The molecule has 6 aliphatic carbocycles. The predicted molar refractivity (Wildman–Crippen MR) is 279 cm³/mol. The summed E-state index contributed by atoms with van der Waals surface area (Å²) < 4.78 is 35.0. The molecule has 1 aromatic carbocycles. The van der Waals surface area contributed by atoms with Crippen molar-refractivity contribution in [3.05, 3.63) is 71.8 Å². The lowest BCUT2D eigenvalue weighted by Crippen LogP contribution is -2.80. The van der Waals surface area contributed by atoms with Crippen molar-refractivity contribution in [1.29, 1.82) is 0 Å². The third kappa shape index (κ3) is 6.80. The molecule has 22 atom stereocenters. The van der Waals surface area contributed by atoms with Crippen LogP contribution in [0.25, 0.3) is 0 Å². The number of nitrogens with one attached hydrogen (secondary N) is 1. The number of Topliss-reactive ketones (excluding diaryl/α,β-unsaturated/α-hetero) is 1. The standard InChI is InChI=1S/C63H84N2O11/c1-35(2)15-21-59(4)51-50(68)52(69)62(41-12-8-11-37(26-41)25-36-9-6-5-7-10-36)49(61(51)33-73-57(71)60(56(61)76-59)22-16-38(30-60)32-66)17-20-58(3)53(74-55(70)54-63(58,62)75-54)42-19-24-72-48(42)29-45-43-27-40-18-23-65-34-64-31-46(65)44(40)28-39(43)13-14-47(45)67/h5-7,9-10,18-19,23-24,35,37-41,43-47,49,51-54,56,64,66-67,69H,8,11-17,20-22,25-34H2,1-4H3. The predicted octanol–water partition coefficient (Wildman–Crippen LogP) is 8.27. The maximum atomic E-state index is 16.6. The first-order valence-corrected chi connectivity index (χ1v) is 30.1.